The summed E-state index contributed by atoms with van der Waals surface area (Å²) in [5.41, 5.74) is 2.05. The van der Waals surface area contributed by atoms with Crippen molar-refractivity contribution >= 4 is 22.6 Å². The van der Waals surface area contributed by atoms with Gasteiger partial charge in [-0.05, 0) is 36.4 Å². The number of para-hydroxylation sites is 1. The normalized spacial score (nSPS) is 11.1. The molecule has 142 valence electrons. The highest BCUT2D eigenvalue weighted by Crippen LogP contribution is 2.29. The van der Waals surface area contributed by atoms with Crippen LogP contribution in [0.5, 0.6) is 5.75 Å². The first-order chi connectivity index (χ1) is 13.5. The molecule has 0 aliphatic rings. The molecule has 2 aromatic carbocycles. The average Bonchev–Trinajstić information content (AvgIpc) is 3.35. The first-order valence-electron chi connectivity index (χ1n) is 8.99. The first kappa shape index (κ1) is 17.9. The maximum absolute atomic E-state index is 12.5. The molecule has 1 N–H and O–H groups in total. The minimum atomic E-state index is -0.329. The van der Waals surface area contributed by atoms with Crippen LogP contribution in [0.1, 0.15) is 36.1 Å². The molecule has 0 aliphatic carbocycles. The van der Waals surface area contributed by atoms with Gasteiger partial charge in [0.05, 0.1) is 13.3 Å². The molecule has 0 bridgehead atoms. The van der Waals surface area contributed by atoms with Crippen LogP contribution in [-0.2, 0) is 0 Å². The zero-order valence-corrected chi connectivity index (χ0v) is 15.9. The fraction of sp³-hybridized carbons (Fsp3) is 0.182. The molecule has 0 saturated heterocycles. The molecule has 1 amide bonds. The van der Waals surface area contributed by atoms with Crippen LogP contribution in [0, 0.1) is 0 Å². The third-order valence-corrected chi connectivity index (χ3v) is 4.43. The van der Waals surface area contributed by atoms with Gasteiger partial charge in [0.25, 0.3) is 5.91 Å². The van der Waals surface area contributed by atoms with Crippen molar-refractivity contribution in [1.29, 1.82) is 0 Å². The Morgan fingerprint density at radius 1 is 1.11 bits per heavy atom. The van der Waals surface area contributed by atoms with Gasteiger partial charge in [-0.1, -0.05) is 26.0 Å². The lowest BCUT2D eigenvalue weighted by Crippen LogP contribution is -2.10. The summed E-state index contributed by atoms with van der Waals surface area (Å²) < 4.78 is 16.7. The van der Waals surface area contributed by atoms with Crippen molar-refractivity contribution in [3.63, 3.8) is 0 Å². The van der Waals surface area contributed by atoms with Crippen LogP contribution in [-0.4, -0.2) is 18.0 Å². The van der Waals surface area contributed by atoms with Crippen molar-refractivity contribution in [3.8, 4) is 17.2 Å². The Kier molecular flexibility index (Phi) is 4.61. The van der Waals surface area contributed by atoms with E-state index in [1.807, 2.05) is 24.3 Å². The number of aromatic nitrogens is 1. The number of fused-ring (bicyclic) bond motifs is 1. The standard InChI is InChI=1S/C22H20N2O4/c1-13(2)19-12-23-22(28-19)14-7-9-16(10-8-14)24-21(25)18-11-15-5-4-6-17(26-3)20(15)27-18/h4-13H,1-3H3,(H,24,25). The third kappa shape index (κ3) is 3.36. The van der Waals surface area contributed by atoms with Crippen LogP contribution in [0.25, 0.3) is 22.4 Å². The molecular weight excluding hydrogens is 356 g/mol. The summed E-state index contributed by atoms with van der Waals surface area (Å²) in [6.45, 7) is 4.10. The second-order valence-corrected chi connectivity index (χ2v) is 6.74. The number of methoxy groups -OCH3 is 1. The number of nitrogens with one attached hydrogen (secondary N) is 1. The van der Waals surface area contributed by atoms with Crippen LogP contribution in [0.3, 0.4) is 0 Å². The van der Waals surface area contributed by atoms with Crippen molar-refractivity contribution in [2.45, 2.75) is 19.8 Å². The first-order valence-corrected chi connectivity index (χ1v) is 8.99. The lowest BCUT2D eigenvalue weighted by molar-refractivity contribution is 0.0998. The number of benzene rings is 2. The lowest BCUT2D eigenvalue weighted by Gasteiger charge is -2.04. The Balaban J connectivity index is 1.52. The molecule has 4 rings (SSSR count). The molecule has 2 heterocycles. The van der Waals surface area contributed by atoms with Gasteiger partial charge < -0.3 is 18.9 Å². The molecule has 6 heteroatoms. The summed E-state index contributed by atoms with van der Waals surface area (Å²) in [6.07, 6.45) is 1.74. The number of carbonyl (C=O) groups is 1. The van der Waals surface area contributed by atoms with Gasteiger partial charge in [-0.3, -0.25) is 4.79 Å². The Labute approximate surface area is 162 Å². The number of ether oxygens (including phenoxy) is 1. The van der Waals surface area contributed by atoms with Crippen LogP contribution >= 0.6 is 0 Å². The van der Waals surface area contributed by atoms with Gasteiger partial charge in [0.1, 0.15) is 5.76 Å². The number of furan rings is 1. The highest BCUT2D eigenvalue weighted by Gasteiger charge is 2.15. The van der Waals surface area contributed by atoms with Gasteiger partial charge in [-0.15, -0.1) is 0 Å². The molecule has 28 heavy (non-hydrogen) atoms. The van der Waals surface area contributed by atoms with Crippen molar-refractivity contribution < 1.29 is 18.4 Å². The number of carbonyl (C=O) groups excluding carboxylic acids is 1. The van der Waals surface area contributed by atoms with Crippen molar-refractivity contribution in [3.05, 3.63) is 66.2 Å². The summed E-state index contributed by atoms with van der Waals surface area (Å²) in [6, 6.07) is 14.5. The van der Waals surface area contributed by atoms with E-state index in [4.69, 9.17) is 13.6 Å². The SMILES string of the molecule is COc1cccc2cc(C(=O)Nc3ccc(-c4ncc(C(C)C)o4)cc3)oc12. The average molecular weight is 376 g/mol. The van der Waals surface area contributed by atoms with Gasteiger partial charge in [0, 0.05) is 22.6 Å². The largest absolute Gasteiger partial charge is 0.493 e. The number of rotatable bonds is 5. The third-order valence-electron chi connectivity index (χ3n) is 4.43. The Morgan fingerprint density at radius 3 is 2.57 bits per heavy atom. The molecule has 0 radical (unpaired) electrons. The summed E-state index contributed by atoms with van der Waals surface area (Å²) in [4.78, 5) is 16.8. The van der Waals surface area contributed by atoms with Crippen LogP contribution in [0.2, 0.25) is 0 Å². The fourth-order valence-electron chi connectivity index (χ4n) is 2.88. The van der Waals surface area contributed by atoms with E-state index in [0.717, 1.165) is 16.7 Å². The van der Waals surface area contributed by atoms with E-state index < -0.39 is 0 Å². The van der Waals surface area contributed by atoms with Gasteiger partial charge in [-0.25, -0.2) is 4.98 Å². The number of nitrogens with zero attached hydrogens (tertiary/aromatic N) is 1. The molecule has 0 aliphatic heterocycles. The molecule has 4 aromatic rings. The number of hydrogen-bond acceptors (Lipinski definition) is 5. The highest BCUT2D eigenvalue weighted by atomic mass is 16.5. The Morgan fingerprint density at radius 2 is 1.89 bits per heavy atom. The van der Waals surface area contributed by atoms with E-state index in [9.17, 15) is 4.79 Å². The highest BCUT2D eigenvalue weighted by molar-refractivity contribution is 6.05. The number of oxazole rings is 1. The number of amides is 1. The second kappa shape index (κ2) is 7.23. The molecule has 0 saturated carbocycles. The molecule has 0 spiro atoms. The van der Waals surface area contributed by atoms with E-state index in [2.05, 4.69) is 24.1 Å². The zero-order valence-electron chi connectivity index (χ0n) is 15.9. The summed E-state index contributed by atoms with van der Waals surface area (Å²) in [5.74, 6) is 2.16. The summed E-state index contributed by atoms with van der Waals surface area (Å²) >= 11 is 0. The van der Waals surface area contributed by atoms with Gasteiger partial charge in [0.15, 0.2) is 17.1 Å². The fourth-order valence-corrected chi connectivity index (χ4v) is 2.88. The van der Waals surface area contributed by atoms with E-state index in [0.29, 0.717) is 22.9 Å². The van der Waals surface area contributed by atoms with Crippen molar-refractivity contribution in [1.82, 2.24) is 4.98 Å². The monoisotopic (exact) mass is 376 g/mol. The molecule has 0 atom stereocenters. The Hall–Kier alpha value is -3.54. The van der Waals surface area contributed by atoms with Crippen LogP contribution in [0.4, 0.5) is 5.69 Å². The zero-order chi connectivity index (χ0) is 19.7. The predicted octanol–water partition coefficient (Wildman–Crippen LogP) is 5.47. The minimum absolute atomic E-state index is 0.220. The maximum atomic E-state index is 12.5. The van der Waals surface area contributed by atoms with Crippen molar-refractivity contribution in [2.24, 2.45) is 0 Å². The van der Waals surface area contributed by atoms with Gasteiger partial charge in [-0.2, -0.15) is 0 Å². The summed E-state index contributed by atoms with van der Waals surface area (Å²) in [7, 11) is 1.57. The topological polar surface area (TPSA) is 77.5 Å². The van der Waals surface area contributed by atoms with Gasteiger partial charge >= 0.3 is 0 Å². The van der Waals surface area contributed by atoms with Crippen molar-refractivity contribution in [2.75, 3.05) is 12.4 Å². The number of hydrogen-bond donors (Lipinski definition) is 1. The Bertz CT molecular complexity index is 1120. The second-order valence-electron chi connectivity index (χ2n) is 6.74. The molecular formula is C22H20N2O4. The van der Waals surface area contributed by atoms with E-state index >= 15 is 0 Å². The summed E-state index contributed by atoms with van der Waals surface area (Å²) in [5, 5.41) is 3.64. The lowest BCUT2D eigenvalue weighted by atomic mass is 10.2. The van der Waals surface area contributed by atoms with E-state index in [1.165, 1.54) is 0 Å². The van der Waals surface area contributed by atoms with Crippen LogP contribution < -0.4 is 10.1 Å². The van der Waals surface area contributed by atoms with E-state index in [-0.39, 0.29) is 17.6 Å². The predicted molar refractivity (Wildman–Crippen MR) is 107 cm³/mol. The molecule has 0 unspecified atom stereocenters. The number of anilines is 1. The van der Waals surface area contributed by atoms with Gasteiger partial charge in [0.2, 0.25) is 5.89 Å². The van der Waals surface area contributed by atoms with E-state index in [1.54, 1.807) is 37.6 Å². The maximum Gasteiger partial charge on any atom is 0.291 e. The smallest absolute Gasteiger partial charge is 0.291 e. The quantitative estimate of drug-likeness (QED) is 0.499. The molecule has 2 aromatic heterocycles. The minimum Gasteiger partial charge on any atom is -0.493 e. The van der Waals surface area contributed by atoms with Crippen LogP contribution in [0.15, 0.2) is 63.6 Å². The molecule has 6 nitrogen and oxygen atoms in total. The molecule has 0 fully saturated rings.